The van der Waals surface area contributed by atoms with Gasteiger partial charge in [-0.3, -0.25) is 5.10 Å². The zero-order valence-corrected chi connectivity index (χ0v) is 20.9. The van der Waals surface area contributed by atoms with Gasteiger partial charge in [-0.05, 0) is 68.4 Å². The molecule has 0 spiro atoms. The van der Waals surface area contributed by atoms with Crippen LogP contribution in [0.2, 0.25) is 0 Å². The summed E-state index contributed by atoms with van der Waals surface area (Å²) in [4.78, 5) is 19.6. The van der Waals surface area contributed by atoms with E-state index in [2.05, 4.69) is 75.3 Å². The summed E-state index contributed by atoms with van der Waals surface area (Å²) in [5.41, 5.74) is 10.1. The first kappa shape index (κ1) is 22.2. The first-order valence-electron chi connectivity index (χ1n) is 12.1. The summed E-state index contributed by atoms with van der Waals surface area (Å²) in [6.07, 6.45) is 6.70. The van der Waals surface area contributed by atoms with Crippen LogP contribution in [0.1, 0.15) is 23.7 Å². The van der Waals surface area contributed by atoms with Crippen molar-refractivity contribution in [1.29, 1.82) is 0 Å². The summed E-state index contributed by atoms with van der Waals surface area (Å²) >= 11 is 0. The van der Waals surface area contributed by atoms with E-state index in [-0.39, 0.29) is 0 Å². The number of imidazole rings is 2. The lowest BCUT2D eigenvalue weighted by Gasteiger charge is -2.13. The van der Waals surface area contributed by atoms with Crippen LogP contribution in [-0.4, -0.2) is 53.7 Å². The average molecular weight is 477 g/mol. The topological polar surface area (TPSA) is 91.3 Å². The van der Waals surface area contributed by atoms with Gasteiger partial charge in [0.2, 0.25) is 0 Å². The minimum atomic E-state index is 0.667. The van der Waals surface area contributed by atoms with Crippen LogP contribution >= 0.6 is 0 Å². The number of aryl methyl sites for hydroxylation is 2. The lowest BCUT2D eigenvalue weighted by Crippen LogP contribution is -2.10. The lowest BCUT2D eigenvalue weighted by molar-refractivity contribution is 0.402. The van der Waals surface area contributed by atoms with Crippen molar-refractivity contribution >= 4 is 22.1 Å². The quantitative estimate of drug-likeness (QED) is 0.341. The number of para-hydroxylation sites is 1. The summed E-state index contributed by atoms with van der Waals surface area (Å²) < 4.78 is 2.00. The number of fused-ring (bicyclic) bond motifs is 2. The predicted octanol–water partition coefficient (Wildman–Crippen LogP) is 5.29. The summed E-state index contributed by atoms with van der Waals surface area (Å²) in [5, 5.41) is 8.55. The van der Waals surface area contributed by atoms with E-state index in [0.29, 0.717) is 5.65 Å². The molecular weight excluding hydrogens is 448 g/mol. The number of H-pyrrole nitrogens is 2. The largest absolute Gasteiger partial charge is 0.337 e. The highest BCUT2D eigenvalue weighted by molar-refractivity contribution is 5.94. The van der Waals surface area contributed by atoms with Crippen LogP contribution in [0.4, 0.5) is 0 Å². The Morgan fingerprint density at radius 3 is 2.64 bits per heavy atom. The second-order valence-corrected chi connectivity index (χ2v) is 9.50. The molecule has 0 fully saturated rings. The Kier molecular flexibility index (Phi) is 5.38. The average Bonchev–Trinajstić information content (AvgIpc) is 3.60. The van der Waals surface area contributed by atoms with Crippen molar-refractivity contribution < 1.29 is 0 Å². The fourth-order valence-electron chi connectivity index (χ4n) is 4.72. The van der Waals surface area contributed by atoms with Gasteiger partial charge in [0.1, 0.15) is 11.2 Å². The lowest BCUT2D eigenvalue weighted by atomic mass is 9.98. The summed E-state index contributed by atoms with van der Waals surface area (Å²) in [7, 11) is 4.19. The van der Waals surface area contributed by atoms with Crippen LogP contribution in [0.5, 0.6) is 0 Å². The maximum atomic E-state index is 4.96. The minimum absolute atomic E-state index is 0.667. The van der Waals surface area contributed by atoms with E-state index in [0.717, 1.165) is 63.4 Å². The van der Waals surface area contributed by atoms with Crippen molar-refractivity contribution in [3.63, 3.8) is 0 Å². The van der Waals surface area contributed by atoms with Gasteiger partial charge in [-0.15, -0.1) is 0 Å². The molecule has 0 bridgehead atoms. The highest BCUT2D eigenvalue weighted by Crippen LogP contribution is 2.31. The molecule has 36 heavy (non-hydrogen) atoms. The third-order valence-electron chi connectivity index (χ3n) is 6.42. The fourth-order valence-corrected chi connectivity index (χ4v) is 4.72. The molecule has 2 aromatic carbocycles. The van der Waals surface area contributed by atoms with Gasteiger partial charge in [-0.1, -0.05) is 25.1 Å². The predicted molar refractivity (Wildman–Crippen MR) is 143 cm³/mol. The normalized spacial score (nSPS) is 11.8. The van der Waals surface area contributed by atoms with E-state index < -0.39 is 0 Å². The fraction of sp³-hybridized carbons (Fsp3) is 0.214. The number of aromatic nitrogens is 7. The molecule has 6 aromatic rings. The van der Waals surface area contributed by atoms with Gasteiger partial charge in [0.15, 0.2) is 11.5 Å². The first-order chi connectivity index (χ1) is 17.5. The zero-order chi connectivity index (χ0) is 24.8. The highest BCUT2D eigenvalue weighted by atomic mass is 15.2. The van der Waals surface area contributed by atoms with Crippen molar-refractivity contribution in [1.82, 2.24) is 39.6 Å². The van der Waals surface area contributed by atoms with Crippen molar-refractivity contribution in [3.05, 3.63) is 78.0 Å². The number of nitrogens with one attached hydrogen (secondary N) is 2. The van der Waals surface area contributed by atoms with Gasteiger partial charge in [0.25, 0.3) is 0 Å². The number of hydrogen-bond acceptors (Lipinski definition) is 5. The molecule has 0 aliphatic heterocycles. The van der Waals surface area contributed by atoms with E-state index in [9.17, 15) is 0 Å². The molecule has 0 atom stereocenters. The van der Waals surface area contributed by atoms with Gasteiger partial charge in [0.05, 0.1) is 28.6 Å². The second kappa shape index (κ2) is 8.73. The molecule has 8 nitrogen and oxygen atoms in total. The van der Waals surface area contributed by atoms with Gasteiger partial charge >= 0.3 is 0 Å². The van der Waals surface area contributed by atoms with Crippen molar-refractivity contribution in [2.45, 2.75) is 26.8 Å². The molecule has 0 saturated heterocycles. The number of hydrogen-bond donors (Lipinski definition) is 2. The maximum Gasteiger partial charge on any atom is 0.181 e. The van der Waals surface area contributed by atoms with Gasteiger partial charge < -0.3 is 14.5 Å². The summed E-state index contributed by atoms with van der Waals surface area (Å²) in [6, 6.07) is 15.0. The first-order valence-corrected chi connectivity index (χ1v) is 12.1. The molecule has 0 radical (unpaired) electrons. The van der Waals surface area contributed by atoms with Crippen molar-refractivity contribution in [3.8, 4) is 28.3 Å². The van der Waals surface area contributed by atoms with Gasteiger partial charge in [0, 0.05) is 24.5 Å². The minimum Gasteiger partial charge on any atom is -0.337 e. The molecule has 2 N–H and O–H groups in total. The monoisotopic (exact) mass is 476 g/mol. The molecule has 0 aliphatic rings. The van der Waals surface area contributed by atoms with Gasteiger partial charge in [-0.25, -0.2) is 15.0 Å². The van der Waals surface area contributed by atoms with Crippen LogP contribution in [-0.2, 0) is 13.0 Å². The second-order valence-electron chi connectivity index (χ2n) is 9.50. The number of benzene rings is 2. The Hall–Kier alpha value is -4.30. The number of rotatable bonds is 6. The molecule has 0 unspecified atom stereocenters. The summed E-state index contributed by atoms with van der Waals surface area (Å²) in [5.74, 6) is 0.728. The third kappa shape index (κ3) is 3.95. The van der Waals surface area contributed by atoms with Crippen LogP contribution in [0, 0.1) is 6.92 Å². The smallest absolute Gasteiger partial charge is 0.181 e. The molecule has 4 heterocycles. The maximum absolute atomic E-state index is 4.96. The van der Waals surface area contributed by atoms with E-state index in [4.69, 9.17) is 4.98 Å². The Balaban J connectivity index is 1.46. The molecule has 180 valence electrons. The Labute approximate surface area is 209 Å². The number of pyridine rings is 1. The molecule has 4 aromatic heterocycles. The van der Waals surface area contributed by atoms with E-state index in [1.165, 1.54) is 11.1 Å². The Bertz CT molecular complexity index is 1700. The Morgan fingerprint density at radius 1 is 1.00 bits per heavy atom. The Morgan fingerprint density at radius 2 is 1.86 bits per heavy atom. The SMILES string of the molecule is CCc1cc(CN(C)C)cc(-c2cnc3n[nH]c(-c4nc5c(-n6cnc(C)c6)cccc5[nH]4)c3c2)c1. The highest BCUT2D eigenvalue weighted by Gasteiger charge is 2.16. The number of aromatic amines is 2. The van der Waals surface area contributed by atoms with Crippen LogP contribution in [0.25, 0.3) is 50.4 Å². The zero-order valence-electron chi connectivity index (χ0n) is 20.9. The summed E-state index contributed by atoms with van der Waals surface area (Å²) in [6.45, 7) is 5.06. The van der Waals surface area contributed by atoms with Crippen LogP contribution < -0.4 is 0 Å². The standard InChI is InChI=1S/C28H28N8/c1-5-18-9-19(15-35(3)4)11-20(10-18)21-12-22-25(33-34-27(22)29-13-21)28-31-23-7-6-8-24(26(23)32-28)36-14-17(2)30-16-36/h6-14,16H,5,15H2,1-4H3,(H,31,32)(H,29,33,34). The van der Waals surface area contributed by atoms with Crippen LogP contribution in [0.3, 0.4) is 0 Å². The molecule has 8 heteroatoms. The molecule has 0 saturated carbocycles. The molecule has 0 aliphatic carbocycles. The van der Waals surface area contributed by atoms with Crippen molar-refractivity contribution in [2.24, 2.45) is 0 Å². The third-order valence-corrected chi connectivity index (χ3v) is 6.42. The van der Waals surface area contributed by atoms with Gasteiger partial charge in [-0.2, -0.15) is 5.10 Å². The molecule has 0 amide bonds. The van der Waals surface area contributed by atoms with E-state index in [1.807, 2.05) is 48.4 Å². The van der Waals surface area contributed by atoms with E-state index in [1.54, 1.807) is 0 Å². The molecule has 6 rings (SSSR count). The van der Waals surface area contributed by atoms with E-state index >= 15 is 0 Å². The molecular formula is C28H28N8. The van der Waals surface area contributed by atoms with Crippen LogP contribution in [0.15, 0.2) is 61.2 Å². The number of nitrogens with zero attached hydrogens (tertiary/aromatic N) is 6. The van der Waals surface area contributed by atoms with Crippen molar-refractivity contribution in [2.75, 3.05) is 14.1 Å².